The molecule has 1 aromatic carbocycles. The van der Waals surface area contributed by atoms with Gasteiger partial charge in [0.1, 0.15) is 12.1 Å². The third-order valence-corrected chi connectivity index (χ3v) is 3.59. The molecule has 1 heterocycles. The van der Waals surface area contributed by atoms with Crippen molar-refractivity contribution in [3.05, 3.63) is 46.4 Å². The lowest BCUT2D eigenvalue weighted by Gasteiger charge is -2.07. The lowest BCUT2D eigenvalue weighted by atomic mass is 9.98. The Balaban J connectivity index is 2.17. The lowest BCUT2D eigenvalue weighted by Crippen LogP contribution is -1.99. The zero-order chi connectivity index (χ0) is 14.3. The molecule has 0 saturated heterocycles. The molecule has 0 amide bonds. The summed E-state index contributed by atoms with van der Waals surface area (Å²) in [7, 11) is 0. The number of aromatic nitrogens is 2. The van der Waals surface area contributed by atoms with Crippen molar-refractivity contribution in [1.29, 1.82) is 10.5 Å². The van der Waals surface area contributed by atoms with Gasteiger partial charge < -0.3 is 0 Å². The standard InChI is InChI=1S/C16H12N4/c1-9(2)10-3-4-12-11(5-10)6-13-16(12)20-15(8-18)14(7-17)19-13/h3-5,9H,6H2,1-2H3. The molecule has 0 atom stereocenters. The largest absolute Gasteiger partial charge is 0.237 e. The van der Waals surface area contributed by atoms with Crippen LogP contribution >= 0.6 is 0 Å². The van der Waals surface area contributed by atoms with Gasteiger partial charge in [0.15, 0.2) is 11.4 Å². The van der Waals surface area contributed by atoms with E-state index in [9.17, 15) is 0 Å². The predicted octanol–water partition coefficient (Wildman–Crippen LogP) is 2.91. The molecule has 0 fully saturated rings. The van der Waals surface area contributed by atoms with Crippen molar-refractivity contribution in [2.75, 3.05) is 0 Å². The van der Waals surface area contributed by atoms with Crippen molar-refractivity contribution in [1.82, 2.24) is 9.97 Å². The van der Waals surface area contributed by atoms with Crippen LogP contribution in [0.15, 0.2) is 18.2 Å². The Hall–Kier alpha value is -2.72. The summed E-state index contributed by atoms with van der Waals surface area (Å²) >= 11 is 0. The van der Waals surface area contributed by atoms with E-state index in [1.165, 1.54) is 11.1 Å². The Kier molecular flexibility index (Phi) is 2.73. The summed E-state index contributed by atoms with van der Waals surface area (Å²) in [6.45, 7) is 4.31. The molecule has 0 unspecified atom stereocenters. The number of nitriles is 2. The molecule has 0 saturated carbocycles. The maximum atomic E-state index is 9.04. The molecule has 1 aromatic heterocycles. The van der Waals surface area contributed by atoms with Crippen molar-refractivity contribution >= 4 is 0 Å². The zero-order valence-corrected chi connectivity index (χ0v) is 11.3. The van der Waals surface area contributed by atoms with Gasteiger partial charge in [-0.1, -0.05) is 32.0 Å². The fourth-order valence-corrected chi connectivity index (χ4v) is 2.50. The van der Waals surface area contributed by atoms with Crippen LogP contribution in [0.2, 0.25) is 0 Å². The molecule has 0 aliphatic heterocycles. The Morgan fingerprint density at radius 3 is 2.45 bits per heavy atom. The third-order valence-electron chi connectivity index (χ3n) is 3.59. The highest BCUT2D eigenvalue weighted by Crippen LogP contribution is 2.36. The Bertz CT molecular complexity index is 791. The van der Waals surface area contributed by atoms with E-state index < -0.39 is 0 Å². The summed E-state index contributed by atoms with van der Waals surface area (Å²) in [5, 5.41) is 18.1. The minimum atomic E-state index is 0.104. The molecule has 0 N–H and O–H groups in total. The Morgan fingerprint density at radius 1 is 1.10 bits per heavy atom. The molecule has 2 aromatic rings. The van der Waals surface area contributed by atoms with E-state index in [4.69, 9.17) is 10.5 Å². The second kappa shape index (κ2) is 4.43. The van der Waals surface area contributed by atoms with E-state index in [1.54, 1.807) is 0 Å². The third kappa shape index (κ3) is 1.74. The van der Waals surface area contributed by atoms with Crippen LogP contribution in [0.4, 0.5) is 0 Å². The van der Waals surface area contributed by atoms with Crippen LogP contribution in [-0.4, -0.2) is 9.97 Å². The van der Waals surface area contributed by atoms with Crippen molar-refractivity contribution in [2.45, 2.75) is 26.2 Å². The van der Waals surface area contributed by atoms with Crippen LogP contribution in [0.5, 0.6) is 0 Å². The van der Waals surface area contributed by atoms with Gasteiger partial charge in [-0.3, -0.25) is 0 Å². The summed E-state index contributed by atoms with van der Waals surface area (Å²) in [6, 6.07) is 10.2. The summed E-state index contributed by atoms with van der Waals surface area (Å²) in [5.41, 5.74) is 5.22. The number of benzene rings is 1. The van der Waals surface area contributed by atoms with Crippen molar-refractivity contribution in [2.24, 2.45) is 0 Å². The highest BCUT2D eigenvalue weighted by molar-refractivity contribution is 5.73. The van der Waals surface area contributed by atoms with Gasteiger partial charge in [-0.2, -0.15) is 10.5 Å². The number of hydrogen-bond donors (Lipinski definition) is 0. The summed E-state index contributed by atoms with van der Waals surface area (Å²) in [5.74, 6) is 0.467. The Morgan fingerprint density at radius 2 is 1.80 bits per heavy atom. The van der Waals surface area contributed by atoms with E-state index in [0.717, 1.165) is 17.0 Å². The molecular weight excluding hydrogens is 248 g/mol. The van der Waals surface area contributed by atoms with Gasteiger partial charge in [-0.25, -0.2) is 9.97 Å². The first-order valence-corrected chi connectivity index (χ1v) is 6.48. The van der Waals surface area contributed by atoms with Gasteiger partial charge in [0.05, 0.1) is 11.4 Å². The first kappa shape index (κ1) is 12.3. The minimum absolute atomic E-state index is 0.104. The van der Waals surface area contributed by atoms with Gasteiger partial charge >= 0.3 is 0 Å². The van der Waals surface area contributed by atoms with E-state index in [-0.39, 0.29) is 11.4 Å². The van der Waals surface area contributed by atoms with E-state index in [2.05, 4.69) is 35.9 Å². The van der Waals surface area contributed by atoms with Crippen LogP contribution in [0.25, 0.3) is 11.3 Å². The molecule has 0 bridgehead atoms. The lowest BCUT2D eigenvalue weighted by molar-refractivity contribution is 0.864. The van der Waals surface area contributed by atoms with Crippen LogP contribution in [-0.2, 0) is 6.42 Å². The molecule has 20 heavy (non-hydrogen) atoms. The summed E-state index contributed by atoms with van der Waals surface area (Å²) in [6.07, 6.45) is 0.679. The van der Waals surface area contributed by atoms with Gasteiger partial charge in [-0.05, 0) is 17.0 Å². The maximum Gasteiger partial charge on any atom is 0.177 e. The van der Waals surface area contributed by atoms with Gasteiger partial charge in [-0.15, -0.1) is 0 Å². The number of fused-ring (bicyclic) bond motifs is 3. The Labute approximate surface area is 117 Å². The first-order valence-electron chi connectivity index (χ1n) is 6.48. The molecule has 0 spiro atoms. The second-order valence-corrected chi connectivity index (χ2v) is 5.19. The second-order valence-electron chi connectivity index (χ2n) is 5.19. The monoisotopic (exact) mass is 260 g/mol. The number of rotatable bonds is 1. The van der Waals surface area contributed by atoms with Crippen molar-refractivity contribution < 1.29 is 0 Å². The molecule has 96 valence electrons. The zero-order valence-electron chi connectivity index (χ0n) is 11.3. The topological polar surface area (TPSA) is 73.4 Å². The molecular formula is C16H12N4. The SMILES string of the molecule is CC(C)c1ccc2c(c1)Cc1nc(C#N)c(C#N)nc1-2. The summed E-state index contributed by atoms with van der Waals surface area (Å²) < 4.78 is 0. The molecule has 0 radical (unpaired) electrons. The summed E-state index contributed by atoms with van der Waals surface area (Å²) in [4.78, 5) is 8.60. The van der Waals surface area contributed by atoms with Crippen molar-refractivity contribution in [3.63, 3.8) is 0 Å². The molecule has 1 aliphatic rings. The van der Waals surface area contributed by atoms with E-state index in [1.807, 2.05) is 18.2 Å². The van der Waals surface area contributed by atoms with Crippen molar-refractivity contribution in [3.8, 4) is 23.4 Å². The first-order chi connectivity index (χ1) is 9.63. The fourth-order valence-electron chi connectivity index (χ4n) is 2.50. The van der Waals surface area contributed by atoms with Crippen LogP contribution in [0.1, 0.15) is 48.0 Å². The van der Waals surface area contributed by atoms with Crippen LogP contribution in [0, 0.1) is 22.7 Å². The molecule has 3 rings (SSSR count). The average molecular weight is 260 g/mol. The molecule has 4 heteroatoms. The molecule has 4 nitrogen and oxygen atoms in total. The van der Waals surface area contributed by atoms with Gasteiger partial charge in [0, 0.05) is 12.0 Å². The quantitative estimate of drug-likeness (QED) is 0.674. The van der Waals surface area contributed by atoms with Crippen LogP contribution in [0.3, 0.4) is 0 Å². The predicted molar refractivity (Wildman–Crippen MR) is 73.8 cm³/mol. The smallest absolute Gasteiger partial charge is 0.177 e. The van der Waals surface area contributed by atoms with Crippen LogP contribution < -0.4 is 0 Å². The van der Waals surface area contributed by atoms with Gasteiger partial charge in [0.2, 0.25) is 0 Å². The fraction of sp³-hybridized carbons (Fsp3) is 0.250. The number of nitrogens with zero attached hydrogens (tertiary/aromatic N) is 4. The normalized spacial score (nSPS) is 11.7. The average Bonchev–Trinajstić information content (AvgIpc) is 2.81. The number of hydrogen-bond acceptors (Lipinski definition) is 4. The van der Waals surface area contributed by atoms with E-state index in [0.29, 0.717) is 12.3 Å². The van der Waals surface area contributed by atoms with E-state index >= 15 is 0 Å². The van der Waals surface area contributed by atoms with Gasteiger partial charge in [0.25, 0.3) is 0 Å². The highest BCUT2D eigenvalue weighted by atomic mass is 14.9. The molecule has 1 aliphatic carbocycles. The highest BCUT2D eigenvalue weighted by Gasteiger charge is 2.24. The minimum Gasteiger partial charge on any atom is -0.237 e. The maximum absolute atomic E-state index is 9.04.